The Balaban J connectivity index is 2.96. The highest BCUT2D eigenvalue weighted by molar-refractivity contribution is 4.82. The van der Waals surface area contributed by atoms with Crippen molar-refractivity contribution >= 4 is 0 Å². The second-order valence-corrected chi connectivity index (χ2v) is 3.15. The van der Waals surface area contributed by atoms with Gasteiger partial charge in [-0.1, -0.05) is 6.92 Å². The van der Waals surface area contributed by atoms with E-state index in [2.05, 4.69) is 11.2 Å². The molecule has 0 rings (SSSR count). The molecule has 0 aromatic rings. The molecule has 0 saturated carbocycles. The van der Waals surface area contributed by atoms with Crippen LogP contribution >= 0.6 is 0 Å². The zero-order valence-electron chi connectivity index (χ0n) is 7.84. The number of hydrogen-bond acceptors (Lipinski definition) is 2. The number of rotatable bonds is 7. The Hall–Kier alpha value is -0.520. The number of aliphatic hydroxyl groups excluding tert-OH is 1. The van der Waals surface area contributed by atoms with E-state index in [1.807, 2.05) is 6.92 Å². The Bertz CT molecular complexity index is 128. The highest BCUT2D eigenvalue weighted by atomic mass is 16.3. The first-order valence-electron chi connectivity index (χ1n) is 4.56. The van der Waals surface area contributed by atoms with E-state index < -0.39 is 0 Å². The topological polar surface area (TPSA) is 32.3 Å². The number of hydrogen-bond donors (Lipinski definition) is 2. The summed E-state index contributed by atoms with van der Waals surface area (Å²) in [7, 11) is 0. The van der Waals surface area contributed by atoms with E-state index in [1.54, 1.807) is 0 Å². The summed E-state index contributed by atoms with van der Waals surface area (Å²) in [6.07, 6.45) is 8.20. The van der Waals surface area contributed by atoms with Crippen molar-refractivity contribution in [3.05, 3.63) is 0 Å². The summed E-state index contributed by atoms with van der Waals surface area (Å²) in [5.41, 5.74) is 0. The maximum absolute atomic E-state index is 8.71. The third-order valence-corrected chi connectivity index (χ3v) is 1.73. The van der Waals surface area contributed by atoms with Gasteiger partial charge in [-0.25, -0.2) is 0 Å². The van der Waals surface area contributed by atoms with Gasteiger partial charge < -0.3 is 10.4 Å². The van der Waals surface area contributed by atoms with E-state index in [0.717, 1.165) is 32.4 Å². The van der Waals surface area contributed by atoms with Gasteiger partial charge in [-0.15, -0.1) is 12.3 Å². The van der Waals surface area contributed by atoms with Crippen LogP contribution in [0, 0.1) is 18.3 Å². The maximum atomic E-state index is 8.71. The average molecular weight is 169 g/mol. The molecule has 2 N–H and O–H groups in total. The molecule has 0 aliphatic rings. The van der Waals surface area contributed by atoms with Gasteiger partial charge in [0.05, 0.1) is 0 Å². The zero-order chi connectivity index (χ0) is 9.23. The Labute approximate surface area is 75.4 Å². The summed E-state index contributed by atoms with van der Waals surface area (Å²) in [4.78, 5) is 0. The summed E-state index contributed by atoms with van der Waals surface area (Å²) in [6.45, 7) is 4.18. The van der Waals surface area contributed by atoms with Gasteiger partial charge in [0.1, 0.15) is 0 Å². The minimum Gasteiger partial charge on any atom is -0.396 e. The monoisotopic (exact) mass is 169 g/mol. The molecule has 0 aromatic heterocycles. The molecule has 0 aliphatic carbocycles. The summed E-state index contributed by atoms with van der Waals surface area (Å²) in [6, 6.07) is 0. The van der Waals surface area contributed by atoms with Gasteiger partial charge in [0.2, 0.25) is 0 Å². The lowest BCUT2D eigenvalue weighted by molar-refractivity contribution is 0.234. The van der Waals surface area contributed by atoms with Gasteiger partial charge in [-0.2, -0.15) is 0 Å². The van der Waals surface area contributed by atoms with Crippen molar-refractivity contribution in [1.29, 1.82) is 0 Å². The minimum atomic E-state index is 0.261. The van der Waals surface area contributed by atoms with Crippen LogP contribution in [0.3, 0.4) is 0 Å². The van der Waals surface area contributed by atoms with Crippen LogP contribution < -0.4 is 5.32 Å². The fourth-order valence-corrected chi connectivity index (χ4v) is 0.890. The van der Waals surface area contributed by atoms with Crippen LogP contribution in [-0.2, 0) is 0 Å². The van der Waals surface area contributed by atoms with Crippen LogP contribution in [0.1, 0.15) is 26.2 Å². The average Bonchev–Trinajstić information content (AvgIpc) is 2.10. The molecule has 0 heterocycles. The van der Waals surface area contributed by atoms with Gasteiger partial charge in [-0.05, 0) is 31.8 Å². The van der Waals surface area contributed by atoms with E-state index in [0.29, 0.717) is 5.92 Å². The predicted octanol–water partition coefficient (Wildman–Crippen LogP) is 1.01. The Morgan fingerprint density at radius 2 is 2.25 bits per heavy atom. The largest absolute Gasteiger partial charge is 0.396 e. The third-order valence-electron chi connectivity index (χ3n) is 1.73. The maximum Gasteiger partial charge on any atom is 0.0468 e. The molecule has 0 aliphatic heterocycles. The molecule has 0 radical (unpaired) electrons. The molecule has 0 amide bonds. The van der Waals surface area contributed by atoms with E-state index in [4.69, 9.17) is 11.5 Å². The van der Waals surface area contributed by atoms with Crippen molar-refractivity contribution in [3.63, 3.8) is 0 Å². The molecule has 0 bridgehead atoms. The quantitative estimate of drug-likeness (QED) is 0.440. The molecule has 2 nitrogen and oxygen atoms in total. The molecule has 12 heavy (non-hydrogen) atoms. The first-order chi connectivity index (χ1) is 5.81. The fourth-order valence-electron chi connectivity index (χ4n) is 0.890. The van der Waals surface area contributed by atoms with Crippen molar-refractivity contribution in [2.45, 2.75) is 26.2 Å². The minimum absolute atomic E-state index is 0.261. The molecule has 0 spiro atoms. The normalized spacial score (nSPS) is 12.4. The van der Waals surface area contributed by atoms with Crippen LogP contribution in [0.5, 0.6) is 0 Å². The highest BCUT2D eigenvalue weighted by Gasteiger charge is 1.97. The molecule has 70 valence electrons. The van der Waals surface area contributed by atoms with Crippen molar-refractivity contribution in [3.8, 4) is 12.3 Å². The number of terminal acetylenes is 1. The Morgan fingerprint density at radius 3 is 2.83 bits per heavy atom. The van der Waals surface area contributed by atoms with Crippen molar-refractivity contribution in [2.24, 2.45) is 5.92 Å². The van der Waals surface area contributed by atoms with E-state index in [-0.39, 0.29) is 6.61 Å². The summed E-state index contributed by atoms with van der Waals surface area (Å²) in [5.74, 6) is 2.97. The van der Waals surface area contributed by atoms with Gasteiger partial charge in [0.25, 0.3) is 0 Å². The third kappa shape index (κ3) is 7.59. The van der Waals surface area contributed by atoms with Crippen LogP contribution in [0.2, 0.25) is 0 Å². The SMILES string of the molecule is C#CCCCCNCC(C)CO. The summed E-state index contributed by atoms with van der Waals surface area (Å²) < 4.78 is 0. The fraction of sp³-hybridized carbons (Fsp3) is 0.800. The molecule has 0 aromatic carbocycles. The molecule has 1 unspecified atom stereocenters. The predicted molar refractivity (Wildman–Crippen MR) is 51.8 cm³/mol. The van der Waals surface area contributed by atoms with Gasteiger partial charge in [-0.3, -0.25) is 0 Å². The van der Waals surface area contributed by atoms with Gasteiger partial charge in [0.15, 0.2) is 0 Å². The number of unbranched alkanes of at least 4 members (excludes halogenated alkanes) is 2. The van der Waals surface area contributed by atoms with E-state index in [9.17, 15) is 0 Å². The second kappa shape index (κ2) is 8.58. The van der Waals surface area contributed by atoms with E-state index >= 15 is 0 Å². The van der Waals surface area contributed by atoms with Crippen molar-refractivity contribution in [2.75, 3.05) is 19.7 Å². The number of aliphatic hydroxyl groups is 1. The summed E-state index contributed by atoms with van der Waals surface area (Å²) in [5, 5.41) is 12.0. The standard InChI is InChI=1S/C10H19NO/c1-3-4-5-6-7-11-8-10(2)9-12/h1,10-12H,4-9H2,2H3. The molecule has 2 heteroatoms. The number of nitrogens with one attached hydrogen (secondary N) is 1. The second-order valence-electron chi connectivity index (χ2n) is 3.15. The highest BCUT2D eigenvalue weighted by Crippen LogP contribution is 1.93. The Morgan fingerprint density at radius 1 is 1.50 bits per heavy atom. The van der Waals surface area contributed by atoms with Gasteiger partial charge in [0, 0.05) is 13.0 Å². The molecule has 0 saturated heterocycles. The van der Waals surface area contributed by atoms with Crippen LogP contribution in [0.4, 0.5) is 0 Å². The lowest BCUT2D eigenvalue weighted by Crippen LogP contribution is -2.24. The van der Waals surface area contributed by atoms with Crippen LogP contribution in [-0.4, -0.2) is 24.8 Å². The first-order valence-corrected chi connectivity index (χ1v) is 4.56. The smallest absolute Gasteiger partial charge is 0.0468 e. The lowest BCUT2D eigenvalue weighted by Gasteiger charge is -2.08. The molecule has 1 atom stereocenters. The van der Waals surface area contributed by atoms with Gasteiger partial charge >= 0.3 is 0 Å². The molecular weight excluding hydrogens is 150 g/mol. The summed E-state index contributed by atoms with van der Waals surface area (Å²) >= 11 is 0. The lowest BCUT2D eigenvalue weighted by atomic mass is 10.2. The van der Waals surface area contributed by atoms with Crippen molar-refractivity contribution in [1.82, 2.24) is 5.32 Å². The molecule has 0 fully saturated rings. The van der Waals surface area contributed by atoms with Crippen molar-refractivity contribution < 1.29 is 5.11 Å². The zero-order valence-corrected chi connectivity index (χ0v) is 7.84. The van der Waals surface area contributed by atoms with Crippen LogP contribution in [0.25, 0.3) is 0 Å². The molecular formula is C10H19NO. The van der Waals surface area contributed by atoms with E-state index in [1.165, 1.54) is 0 Å². The Kier molecular flexibility index (Phi) is 8.20. The first kappa shape index (κ1) is 11.5. The van der Waals surface area contributed by atoms with Crippen LogP contribution in [0.15, 0.2) is 0 Å².